The van der Waals surface area contributed by atoms with Crippen LogP contribution in [0.25, 0.3) is 0 Å². The summed E-state index contributed by atoms with van der Waals surface area (Å²) in [5.41, 5.74) is 0. The van der Waals surface area contributed by atoms with Gasteiger partial charge in [-0.1, -0.05) is 226 Å². The zero-order chi connectivity index (χ0) is 34.4. The third-order valence-electron chi connectivity index (χ3n) is 11.1. The number of imidazole rings is 1. The van der Waals surface area contributed by atoms with Crippen LogP contribution < -0.4 is 4.57 Å². The fraction of sp³-hybridized carbons (Fsp3) is 0.935. The smallest absolute Gasteiger partial charge is 0.234 e. The molecule has 0 fully saturated rings. The minimum Gasteiger partial charge on any atom is -0.234 e. The molecular formula is C46H91N2+. The molecule has 0 unspecified atom stereocenters. The second kappa shape index (κ2) is 37.5. The van der Waals surface area contributed by atoms with Crippen LogP contribution in [0.3, 0.4) is 0 Å². The van der Waals surface area contributed by atoms with Gasteiger partial charge in [-0.25, -0.2) is 9.13 Å². The molecule has 1 aromatic heterocycles. The van der Waals surface area contributed by atoms with Crippen LogP contribution in [0.15, 0.2) is 12.4 Å². The van der Waals surface area contributed by atoms with Crippen molar-refractivity contribution < 1.29 is 4.57 Å². The van der Waals surface area contributed by atoms with Crippen LogP contribution in [-0.4, -0.2) is 4.57 Å². The summed E-state index contributed by atoms with van der Waals surface area (Å²) in [7, 11) is 0. The summed E-state index contributed by atoms with van der Waals surface area (Å²) in [6.07, 6.45) is 59.3. The fourth-order valence-corrected chi connectivity index (χ4v) is 7.74. The van der Waals surface area contributed by atoms with Gasteiger partial charge in [-0.3, -0.25) is 0 Å². The molecule has 0 aromatic carbocycles. The van der Waals surface area contributed by atoms with Crippen molar-refractivity contribution >= 4 is 0 Å². The Morgan fingerprint density at radius 2 is 0.646 bits per heavy atom. The lowest BCUT2D eigenvalue weighted by molar-refractivity contribution is -0.704. The van der Waals surface area contributed by atoms with E-state index in [1.165, 1.54) is 257 Å². The van der Waals surface area contributed by atoms with Gasteiger partial charge in [0.05, 0.1) is 13.1 Å². The summed E-state index contributed by atoms with van der Waals surface area (Å²) in [6.45, 7) is 9.41. The first-order valence-electron chi connectivity index (χ1n) is 22.9. The molecule has 2 nitrogen and oxygen atoms in total. The molecule has 0 radical (unpaired) electrons. The average Bonchev–Trinajstić information content (AvgIpc) is 3.48. The Morgan fingerprint density at radius 3 is 1.00 bits per heavy atom. The van der Waals surface area contributed by atoms with Crippen LogP contribution in [0.4, 0.5) is 0 Å². The van der Waals surface area contributed by atoms with E-state index in [1.807, 2.05) is 0 Å². The highest BCUT2D eigenvalue weighted by molar-refractivity contribution is 4.84. The van der Waals surface area contributed by atoms with Gasteiger partial charge < -0.3 is 0 Å². The average molecular weight is 672 g/mol. The molecule has 0 saturated heterocycles. The molecule has 0 aliphatic heterocycles. The second-order valence-corrected chi connectivity index (χ2v) is 15.9. The summed E-state index contributed by atoms with van der Waals surface area (Å²) < 4.78 is 5.30. The van der Waals surface area contributed by atoms with E-state index in [4.69, 9.17) is 0 Å². The lowest BCUT2D eigenvalue weighted by Crippen LogP contribution is -2.37. The van der Waals surface area contributed by atoms with Gasteiger partial charge in [0.15, 0.2) is 0 Å². The molecule has 0 amide bonds. The van der Waals surface area contributed by atoms with E-state index in [1.54, 1.807) is 5.82 Å². The van der Waals surface area contributed by atoms with E-state index >= 15 is 0 Å². The summed E-state index contributed by atoms with van der Waals surface area (Å²) in [4.78, 5) is 0. The largest absolute Gasteiger partial charge is 0.256 e. The first-order valence-corrected chi connectivity index (χ1v) is 22.9. The molecule has 284 valence electrons. The maximum atomic E-state index is 2.65. The zero-order valence-corrected chi connectivity index (χ0v) is 33.8. The van der Waals surface area contributed by atoms with Crippen LogP contribution in [0.5, 0.6) is 0 Å². The molecule has 1 aromatic rings. The van der Waals surface area contributed by atoms with Crippen molar-refractivity contribution in [1.29, 1.82) is 0 Å². The number of nitrogens with zero attached hydrogens (tertiary/aromatic N) is 2. The highest BCUT2D eigenvalue weighted by Crippen LogP contribution is 2.16. The molecule has 0 spiro atoms. The van der Waals surface area contributed by atoms with E-state index in [0.29, 0.717) is 0 Å². The molecule has 1 heterocycles. The van der Waals surface area contributed by atoms with Gasteiger partial charge in [0.2, 0.25) is 0 Å². The molecule has 0 saturated carbocycles. The fourth-order valence-electron chi connectivity index (χ4n) is 7.74. The molecule has 0 bridgehead atoms. The standard InChI is InChI=1S/C46H91N2/c1-4-7-10-13-16-19-22-24-26-29-32-35-38-41-46-47(42-39-36-33-30-27-21-18-15-12-9-6-3)44-45-48(46)43-40-37-34-31-28-25-23-20-17-14-11-8-5-2/h44-45H,4-43H2,1-3H3/q+1. The molecule has 0 atom stereocenters. The van der Waals surface area contributed by atoms with Gasteiger partial charge in [-0.05, 0) is 32.1 Å². The molecule has 48 heavy (non-hydrogen) atoms. The van der Waals surface area contributed by atoms with E-state index in [2.05, 4.69) is 42.3 Å². The number of hydrogen-bond acceptors (Lipinski definition) is 0. The van der Waals surface area contributed by atoms with Gasteiger partial charge in [-0.15, -0.1) is 0 Å². The summed E-state index contributed by atoms with van der Waals surface area (Å²) in [5, 5.41) is 0. The zero-order valence-electron chi connectivity index (χ0n) is 33.8. The van der Waals surface area contributed by atoms with Crippen LogP contribution in [0.2, 0.25) is 0 Å². The van der Waals surface area contributed by atoms with Crippen molar-refractivity contribution in [3.63, 3.8) is 0 Å². The highest BCUT2D eigenvalue weighted by Gasteiger charge is 2.16. The third-order valence-corrected chi connectivity index (χ3v) is 11.1. The Bertz CT molecular complexity index is 736. The van der Waals surface area contributed by atoms with Crippen molar-refractivity contribution in [3.05, 3.63) is 18.2 Å². The first kappa shape index (κ1) is 45.2. The molecule has 0 N–H and O–H groups in total. The maximum Gasteiger partial charge on any atom is 0.256 e. The Balaban J connectivity index is 2.28. The van der Waals surface area contributed by atoms with Gasteiger partial charge in [0.1, 0.15) is 12.4 Å². The normalized spacial score (nSPS) is 11.6. The minimum absolute atomic E-state index is 1.23. The Morgan fingerprint density at radius 1 is 0.354 bits per heavy atom. The lowest BCUT2D eigenvalue weighted by Gasteiger charge is -2.07. The van der Waals surface area contributed by atoms with Gasteiger partial charge in [-0.2, -0.15) is 0 Å². The summed E-state index contributed by atoms with van der Waals surface area (Å²) in [6, 6.07) is 0. The second-order valence-electron chi connectivity index (χ2n) is 15.9. The Labute approximate surface area is 304 Å². The topological polar surface area (TPSA) is 8.81 Å². The van der Waals surface area contributed by atoms with Crippen LogP contribution in [0, 0.1) is 0 Å². The Hall–Kier alpha value is -0.790. The number of aryl methyl sites for hydroxylation is 2. The van der Waals surface area contributed by atoms with Crippen LogP contribution >= 0.6 is 0 Å². The molecule has 1 rings (SSSR count). The van der Waals surface area contributed by atoms with Crippen molar-refractivity contribution in [2.75, 3.05) is 0 Å². The summed E-state index contributed by atoms with van der Waals surface area (Å²) in [5.74, 6) is 1.63. The van der Waals surface area contributed by atoms with Gasteiger partial charge >= 0.3 is 0 Å². The first-order chi connectivity index (χ1) is 23.8. The van der Waals surface area contributed by atoms with Gasteiger partial charge in [0.25, 0.3) is 5.82 Å². The van der Waals surface area contributed by atoms with E-state index < -0.39 is 0 Å². The lowest BCUT2D eigenvalue weighted by atomic mass is 10.0. The van der Waals surface area contributed by atoms with Crippen molar-refractivity contribution in [2.45, 2.75) is 278 Å². The predicted molar refractivity (Wildman–Crippen MR) is 216 cm³/mol. The maximum absolute atomic E-state index is 2.65. The minimum atomic E-state index is 1.23. The third kappa shape index (κ3) is 29.0. The van der Waals surface area contributed by atoms with Crippen LogP contribution in [-0.2, 0) is 19.5 Å². The van der Waals surface area contributed by atoms with Gasteiger partial charge in [0, 0.05) is 6.42 Å². The number of rotatable bonds is 40. The van der Waals surface area contributed by atoms with Crippen molar-refractivity contribution in [3.8, 4) is 0 Å². The van der Waals surface area contributed by atoms with Crippen LogP contribution in [0.1, 0.15) is 264 Å². The highest BCUT2D eigenvalue weighted by atomic mass is 15.1. The van der Waals surface area contributed by atoms with E-state index in [-0.39, 0.29) is 0 Å². The molecule has 0 aliphatic carbocycles. The monoisotopic (exact) mass is 672 g/mol. The number of aromatic nitrogens is 2. The predicted octanol–water partition coefficient (Wildman–Crippen LogP) is 15.8. The molecular weight excluding hydrogens is 581 g/mol. The molecule has 0 aliphatic rings. The number of hydrogen-bond donors (Lipinski definition) is 0. The SMILES string of the molecule is CCCCCCCCCCCCCCCc1n(CCCCCCCCCCCCCCC)cc[n+]1CCCCCCCCCCCCC. The quantitative estimate of drug-likeness (QED) is 0.0485. The number of unbranched alkanes of at least 4 members (excludes halogenated alkanes) is 34. The van der Waals surface area contributed by atoms with E-state index in [9.17, 15) is 0 Å². The summed E-state index contributed by atoms with van der Waals surface area (Å²) >= 11 is 0. The van der Waals surface area contributed by atoms with Crippen molar-refractivity contribution in [1.82, 2.24) is 4.57 Å². The Kier molecular flexibility index (Phi) is 35.3. The van der Waals surface area contributed by atoms with E-state index in [0.717, 1.165) is 0 Å². The van der Waals surface area contributed by atoms with Crippen molar-refractivity contribution in [2.24, 2.45) is 0 Å². The molecule has 2 heteroatoms.